The molecule has 22 heavy (non-hydrogen) atoms. The molecule has 0 aromatic carbocycles. The van der Waals surface area contributed by atoms with E-state index in [1.807, 2.05) is 24.8 Å². The molecule has 2 aliphatic rings. The number of aryl methyl sites for hydroxylation is 2. The molecule has 2 aromatic heterocycles. The third kappa shape index (κ3) is 2.09. The molecule has 2 saturated heterocycles. The van der Waals surface area contributed by atoms with Gasteiger partial charge < -0.3 is 9.42 Å². The van der Waals surface area contributed by atoms with Gasteiger partial charge in [0.1, 0.15) is 0 Å². The number of carbonyl (C=O) groups is 1. The van der Waals surface area contributed by atoms with Crippen molar-refractivity contribution in [2.24, 2.45) is 0 Å². The van der Waals surface area contributed by atoms with Crippen LogP contribution in [-0.4, -0.2) is 58.1 Å². The minimum Gasteiger partial charge on any atom is -0.336 e. The number of amides is 1. The number of carbonyl (C=O) groups excluding carboxylic acids is 1. The fourth-order valence-corrected chi connectivity index (χ4v) is 3.73. The highest BCUT2D eigenvalue weighted by molar-refractivity contribution is 6.06. The van der Waals surface area contributed by atoms with Crippen molar-refractivity contribution in [3.05, 3.63) is 23.0 Å². The lowest BCUT2D eigenvalue weighted by atomic mass is 10.1. The Hall–Kier alpha value is -1.95. The lowest BCUT2D eigenvalue weighted by Gasteiger charge is -2.37. The Bertz CT molecular complexity index is 739. The van der Waals surface area contributed by atoms with Crippen LogP contribution in [0.1, 0.15) is 34.6 Å². The number of pyridine rings is 1. The minimum absolute atomic E-state index is 0.0772. The van der Waals surface area contributed by atoms with Gasteiger partial charge in [0.05, 0.1) is 16.6 Å². The molecule has 2 fully saturated rings. The Labute approximate surface area is 129 Å². The predicted molar refractivity (Wildman–Crippen MR) is 81.8 cm³/mol. The molecule has 2 aromatic rings. The summed E-state index contributed by atoms with van der Waals surface area (Å²) in [6.45, 7) is 7.51. The van der Waals surface area contributed by atoms with Crippen molar-refractivity contribution in [2.45, 2.75) is 32.7 Å². The van der Waals surface area contributed by atoms with Gasteiger partial charge in [-0.2, -0.15) is 0 Å². The monoisotopic (exact) mass is 300 g/mol. The van der Waals surface area contributed by atoms with Gasteiger partial charge in [0, 0.05) is 31.4 Å². The topological polar surface area (TPSA) is 62.5 Å². The summed E-state index contributed by atoms with van der Waals surface area (Å²) < 4.78 is 5.24. The molecule has 0 radical (unpaired) electrons. The predicted octanol–water partition coefficient (Wildman–Crippen LogP) is 1.76. The van der Waals surface area contributed by atoms with Crippen LogP contribution in [0.3, 0.4) is 0 Å². The molecule has 0 saturated carbocycles. The summed E-state index contributed by atoms with van der Waals surface area (Å²) in [5, 5.41) is 4.72. The van der Waals surface area contributed by atoms with Crippen molar-refractivity contribution in [1.29, 1.82) is 0 Å². The number of hydrogen-bond donors (Lipinski definition) is 0. The molecule has 116 valence electrons. The summed E-state index contributed by atoms with van der Waals surface area (Å²) in [7, 11) is 0. The quantitative estimate of drug-likeness (QED) is 0.803. The van der Waals surface area contributed by atoms with E-state index in [1.54, 1.807) is 0 Å². The van der Waals surface area contributed by atoms with Crippen molar-refractivity contribution in [1.82, 2.24) is 19.9 Å². The Morgan fingerprint density at radius 1 is 1.32 bits per heavy atom. The van der Waals surface area contributed by atoms with Crippen molar-refractivity contribution in [3.8, 4) is 0 Å². The van der Waals surface area contributed by atoms with Gasteiger partial charge in [-0.3, -0.25) is 9.69 Å². The number of nitrogens with zero attached hydrogens (tertiary/aromatic N) is 4. The van der Waals surface area contributed by atoms with Gasteiger partial charge in [-0.05, 0) is 39.3 Å². The van der Waals surface area contributed by atoms with Gasteiger partial charge in [0.25, 0.3) is 11.6 Å². The maximum atomic E-state index is 13.0. The first-order valence-electron chi connectivity index (χ1n) is 7.90. The highest BCUT2D eigenvalue weighted by atomic mass is 16.5. The van der Waals surface area contributed by atoms with Crippen LogP contribution in [0.15, 0.2) is 10.6 Å². The first-order valence-corrected chi connectivity index (χ1v) is 7.90. The Morgan fingerprint density at radius 3 is 3.05 bits per heavy atom. The molecular formula is C16H20N4O2. The van der Waals surface area contributed by atoms with E-state index < -0.39 is 0 Å². The van der Waals surface area contributed by atoms with Crippen LogP contribution in [0.4, 0.5) is 0 Å². The molecule has 0 unspecified atom stereocenters. The molecule has 0 aliphatic carbocycles. The second-order valence-electron chi connectivity index (χ2n) is 6.34. The van der Waals surface area contributed by atoms with Gasteiger partial charge in [0.15, 0.2) is 0 Å². The Kier molecular flexibility index (Phi) is 3.14. The van der Waals surface area contributed by atoms with Crippen LogP contribution < -0.4 is 0 Å². The van der Waals surface area contributed by atoms with E-state index in [0.717, 1.165) is 36.4 Å². The summed E-state index contributed by atoms with van der Waals surface area (Å²) in [6, 6.07) is 2.38. The van der Waals surface area contributed by atoms with E-state index in [4.69, 9.17) is 4.52 Å². The molecule has 4 heterocycles. The summed E-state index contributed by atoms with van der Waals surface area (Å²) in [6.07, 6.45) is 2.44. The smallest absolute Gasteiger partial charge is 0.258 e. The zero-order valence-electron chi connectivity index (χ0n) is 13.0. The molecule has 2 aliphatic heterocycles. The average molecular weight is 300 g/mol. The fourth-order valence-electron chi connectivity index (χ4n) is 3.73. The van der Waals surface area contributed by atoms with Crippen LogP contribution in [0, 0.1) is 13.8 Å². The molecule has 1 amide bonds. The molecule has 0 spiro atoms. The van der Waals surface area contributed by atoms with Crippen LogP contribution in [0.25, 0.3) is 11.1 Å². The second-order valence-corrected chi connectivity index (χ2v) is 6.34. The first-order chi connectivity index (χ1) is 10.6. The van der Waals surface area contributed by atoms with E-state index in [2.05, 4.69) is 15.0 Å². The fraction of sp³-hybridized carbons (Fsp3) is 0.562. The number of rotatable bonds is 1. The Balaban J connectivity index is 1.69. The maximum Gasteiger partial charge on any atom is 0.258 e. The summed E-state index contributed by atoms with van der Waals surface area (Å²) in [5.41, 5.74) is 2.64. The third-order valence-electron chi connectivity index (χ3n) is 4.85. The van der Waals surface area contributed by atoms with Gasteiger partial charge in [0.2, 0.25) is 0 Å². The zero-order valence-corrected chi connectivity index (χ0v) is 13.0. The van der Waals surface area contributed by atoms with Crippen LogP contribution in [0.5, 0.6) is 0 Å². The van der Waals surface area contributed by atoms with Crippen molar-refractivity contribution in [3.63, 3.8) is 0 Å². The highest BCUT2D eigenvalue weighted by Crippen LogP contribution is 2.26. The molecule has 6 nitrogen and oxygen atoms in total. The van der Waals surface area contributed by atoms with Crippen molar-refractivity contribution < 1.29 is 9.32 Å². The SMILES string of the molecule is Cc1cc(C(=O)N2CCN3CCC[C@H]3C2)c2c(C)noc2n1. The van der Waals surface area contributed by atoms with Gasteiger partial charge in [-0.1, -0.05) is 5.16 Å². The lowest BCUT2D eigenvalue weighted by Crippen LogP contribution is -2.52. The minimum atomic E-state index is 0.0772. The van der Waals surface area contributed by atoms with E-state index >= 15 is 0 Å². The van der Waals surface area contributed by atoms with Gasteiger partial charge in [-0.25, -0.2) is 4.98 Å². The van der Waals surface area contributed by atoms with Crippen LogP contribution >= 0.6 is 0 Å². The highest BCUT2D eigenvalue weighted by Gasteiger charge is 2.33. The summed E-state index contributed by atoms with van der Waals surface area (Å²) >= 11 is 0. The van der Waals surface area contributed by atoms with E-state index in [0.29, 0.717) is 17.3 Å². The zero-order chi connectivity index (χ0) is 15.3. The second kappa shape index (κ2) is 5.05. The number of hydrogen-bond acceptors (Lipinski definition) is 5. The van der Waals surface area contributed by atoms with E-state index in [-0.39, 0.29) is 5.91 Å². The number of aromatic nitrogens is 2. The molecular weight excluding hydrogens is 280 g/mol. The van der Waals surface area contributed by atoms with Crippen molar-refractivity contribution >= 4 is 17.0 Å². The van der Waals surface area contributed by atoms with E-state index in [1.165, 1.54) is 19.4 Å². The molecule has 6 heteroatoms. The molecule has 0 bridgehead atoms. The third-order valence-corrected chi connectivity index (χ3v) is 4.85. The summed E-state index contributed by atoms with van der Waals surface area (Å²) in [4.78, 5) is 21.8. The van der Waals surface area contributed by atoms with Gasteiger partial charge >= 0.3 is 0 Å². The van der Waals surface area contributed by atoms with E-state index in [9.17, 15) is 4.79 Å². The standard InChI is InChI=1S/C16H20N4O2/c1-10-8-13(14-11(2)18-22-15(14)17-10)16(21)20-7-6-19-5-3-4-12(19)9-20/h8,12H,3-7,9H2,1-2H3/t12-/m0/s1. The molecule has 4 rings (SSSR count). The number of piperazine rings is 1. The van der Waals surface area contributed by atoms with Crippen LogP contribution in [-0.2, 0) is 0 Å². The Morgan fingerprint density at radius 2 is 2.18 bits per heavy atom. The first kappa shape index (κ1) is 13.7. The largest absolute Gasteiger partial charge is 0.336 e. The normalized spacial score (nSPS) is 22.3. The average Bonchev–Trinajstić information content (AvgIpc) is 3.12. The van der Waals surface area contributed by atoms with Gasteiger partial charge in [-0.15, -0.1) is 0 Å². The lowest BCUT2D eigenvalue weighted by molar-refractivity contribution is 0.0573. The van der Waals surface area contributed by atoms with Crippen LogP contribution in [0.2, 0.25) is 0 Å². The maximum absolute atomic E-state index is 13.0. The summed E-state index contributed by atoms with van der Waals surface area (Å²) in [5.74, 6) is 0.0772. The number of fused-ring (bicyclic) bond motifs is 2. The molecule has 0 N–H and O–H groups in total. The molecule has 1 atom stereocenters. The van der Waals surface area contributed by atoms with Crippen molar-refractivity contribution in [2.75, 3.05) is 26.2 Å².